The van der Waals surface area contributed by atoms with E-state index in [9.17, 15) is 0 Å². The van der Waals surface area contributed by atoms with Gasteiger partial charge < -0.3 is 0 Å². The highest BCUT2D eigenvalue weighted by molar-refractivity contribution is 6.08. The molecule has 0 aliphatic heterocycles. The SMILES string of the molecule is CC1(C)c2ccccc2-c2cc(-c3nc(-n4c5ccccc5c5cccnc54)nc(-n4c5ccccc5c5cccnc54)n3)ccc21. The molecule has 222 valence electrons. The zero-order valence-corrected chi connectivity index (χ0v) is 25.8. The Bertz CT molecular complexity index is 2490. The van der Waals surface area contributed by atoms with Gasteiger partial charge in [-0.05, 0) is 64.7 Å². The topological polar surface area (TPSA) is 74.3 Å². The molecule has 0 bridgehead atoms. The zero-order valence-electron chi connectivity index (χ0n) is 25.8. The highest BCUT2D eigenvalue weighted by Gasteiger charge is 2.35. The number of rotatable bonds is 3. The van der Waals surface area contributed by atoms with E-state index in [1.165, 1.54) is 22.3 Å². The molecule has 0 N–H and O–H groups in total. The van der Waals surface area contributed by atoms with E-state index in [2.05, 4.69) is 105 Å². The first-order valence-corrected chi connectivity index (χ1v) is 15.8. The molecule has 9 aromatic rings. The molecule has 0 fully saturated rings. The van der Waals surface area contributed by atoms with E-state index in [-0.39, 0.29) is 5.41 Å². The third kappa shape index (κ3) is 3.59. The molecule has 5 heterocycles. The van der Waals surface area contributed by atoms with Gasteiger partial charge in [-0.15, -0.1) is 0 Å². The molecule has 7 heteroatoms. The quantitative estimate of drug-likeness (QED) is 0.201. The average Bonchev–Trinajstić information content (AvgIpc) is 3.72. The Balaban J connectivity index is 1.30. The van der Waals surface area contributed by atoms with Crippen molar-refractivity contribution in [3.05, 3.63) is 139 Å². The Morgan fingerprint density at radius 3 is 1.66 bits per heavy atom. The van der Waals surface area contributed by atoms with Crippen molar-refractivity contribution in [3.63, 3.8) is 0 Å². The van der Waals surface area contributed by atoms with Gasteiger partial charge in [-0.2, -0.15) is 15.0 Å². The molecule has 1 aliphatic carbocycles. The maximum atomic E-state index is 5.20. The third-order valence-corrected chi connectivity index (χ3v) is 9.72. The van der Waals surface area contributed by atoms with Gasteiger partial charge in [0.25, 0.3) is 0 Å². The molecule has 0 atom stereocenters. The Morgan fingerprint density at radius 2 is 1.02 bits per heavy atom. The summed E-state index contributed by atoms with van der Waals surface area (Å²) in [7, 11) is 0. The van der Waals surface area contributed by atoms with Gasteiger partial charge in [0.1, 0.15) is 11.3 Å². The molecule has 5 aromatic heterocycles. The van der Waals surface area contributed by atoms with Crippen LogP contribution in [0.15, 0.2) is 128 Å². The average molecular weight is 606 g/mol. The summed E-state index contributed by atoms with van der Waals surface area (Å²) in [6.45, 7) is 4.59. The fourth-order valence-corrected chi connectivity index (χ4v) is 7.54. The van der Waals surface area contributed by atoms with Crippen molar-refractivity contribution in [1.82, 2.24) is 34.1 Å². The number of hydrogen-bond donors (Lipinski definition) is 0. The summed E-state index contributed by atoms with van der Waals surface area (Å²) in [6.07, 6.45) is 3.63. The number of benzene rings is 4. The van der Waals surface area contributed by atoms with Crippen LogP contribution in [0.2, 0.25) is 0 Å². The first-order chi connectivity index (χ1) is 23.1. The lowest BCUT2D eigenvalue weighted by molar-refractivity contribution is 0.660. The molecule has 0 saturated carbocycles. The first kappa shape index (κ1) is 26.1. The lowest BCUT2D eigenvalue weighted by Gasteiger charge is -2.21. The van der Waals surface area contributed by atoms with Crippen molar-refractivity contribution in [1.29, 1.82) is 0 Å². The Kier molecular flexibility index (Phi) is 5.21. The summed E-state index contributed by atoms with van der Waals surface area (Å²) in [5.41, 5.74) is 9.47. The molecule has 47 heavy (non-hydrogen) atoms. The first-order valence-electron chi connectivity index (χ1n) is 15.8. The van der Waals surface area contributed by atoms with E-state index in [4.69, 9.17) is 24.9 Å². The fraction of sp³-hybridized carbons (Fsp3) is 0.0750. The van der Waals surface area contributed by atoms with Crippen LogP contribution in [0.5, 0.6) is 0 Å². The minimum atomic E-state index is -0.0941. The number of aromatic nitrogens is 7. The molecule has 7 nitrogen and oxygen atoms in total. The lowest BCUT2D eigenvalue weighted by Crippen LogP contribution is -2.14. The van der Waals surface area contributed by atoms with Crippen molar-refractivity contribution in [2.45, 2.75) is 19.3 Å². The minimum Gasteiger partial charge on any atom is -0.262 e. The molecule has 0 unspecified atom stereocenters. The van der Waals surface area contributed by atoms with Crippen LogP contribution in [0, 0.1) is 0 Å². The summed E-state index contributed by atoms with van der Waals surface area (Å²) < 4.78 is 4.10. The largest absolute Gasteiger partial charge is 0.262 e. The van der Waals surface area contributed by atoms with E-state index in [0.29, 0.717) is 17.7 Å². The highest BCUT2D eigenvalue weighted by atomic mass is 15.3. The summed E-state index contributed by atoms with van der Waals surface area (Å²) in [5.74, 6) is 1.58. The summed E-state index contributed by atoms with van der Waals surface area (Å²) in [6, 6.07) is 40.0. The second kappa shape index (κ2) is 9.40. The van der Waals surface area contributed by atoms with E-state index in [0.717, 1.165) is 49.4 Å². The molecular weight excluding hydrogens is 578 g/mol. The van der Waals surface area contributed by atoms with E-state index in [1.807, 2.05) is 45.8 Å². The second-order valence-corrected chi connectivity index (χ2v) is 12.6. The number of fused-ring (bicyclic) bond motifs is 9. The number of nitrogens with zero attached hydrogens (tertiary/aromatic N) is 7. The summed E-state index contributed by atoms with van der Waals surface area (Å²) in [5, 5.41) is 4.27. The van der Waals surface area contributed by atoms with Crippen LogP contribution in [0.1, 0.15) is 25.0 Å². The third-order valence-electron chi connectivity index (χ3n) is 9.72. The number of pyridine rings is 2. The van der Waals surface area contributed by atoms with Gasteiger partial charge in [0.15, 0.2) is 5.82 Å². The van der Waals surface area contributed by atoms with Crippen LogP contribution in [0.25, 0.3) is 78.3 Å². The molecule has 0 saturated heterocycles. The van der Waals surface area contributed by atoms with Crippen molar-refractivity contribution in [2.75, 3.05) is 0 Å². The van der Waals surface area contributed by atoms with Crippen LogP contribution in [-0.4, -0.2) is 34.1 Å². The molecular formula is C40H27N7. The standard InChI is InChI=1S/C40H27N7/c1-40(2)31-16-6-3-11-25(31)30-23-24(19-20-32(30)40)35-43-38(46-33-17-7-4-12-26(33)28-14-9-21-41-36(28)46)45-39(44-35)47-34-18-8-5-13-27(34)29-15-10-22-42-37(29)47/h3-23H,1-2H3. The van der Waals surface area contributed by atoms with Crippen molar-refractivity contribution >= 4 is 43.9 Å². The van der Waals surface area contributed by atoms with Gasteiger partial charge in [0.05, 0.1) is 11.0 Å². The number of para-hydroxylation sites is 2. The van der Waals surface area contributed by atoms with E-state index >= 15 is 0 Å². The van der Waals surface area contributed by atoms with Crippen molar-refractivity contribution in [3.8, 4) is 34.4 Å². The maximum Gasteiger partial charge on any atom is 0.241 e. The monoisotopic (exact) mass is 605 g/mol. The zero-order chi connectivity index (χ0) is 31.3. The van der Waals surface area contributed by atoms with Crippen LogP contribution in [-0.2, 0) is 5.41 Å². The molecule has 0 spiro atoms. The van der Waals surface area contributed by atoms with Crippen LogP contribution < -0.4 is 0 Å². The lowest BCUT2D eigenvalue weighted by atomic mass is 9.82. The van der Waals surface area contributed by atoms with Crippen LogP contribution in [0.3, 0.4) is 0 Å². The fourth-order valence-electron chi connectivity index (χ4n) is 7.54. The van der Waals surface area contributed by atoms with Crippen LogP contribution >= 0.6 is 0 Å². The maximum absolute atomic E-state index is 5.20. The normalized spacial score (nSPS) is 13.5. The van der Waals surface area contributed by atoms with Gasteiger partial charge in [0, 0.05) is 44.9 Å². The molecule has 0 amide bonds. The highest BCUT2D eigenvalue weighted by Crippen LogP contribution is 2.49. The van der Waals surface area contributed by atoms with Gasteiger partial charge in [-0.3, -0.25) is 9.13 Å². The Labute approximate surface area is 269 Å². The predicted octanol–water partition coefficient (Wildman–Crippen LogP) is 8.83. The predicted molar refractivity (Wildman–Crippen MR) is 187 cm³/mol. The van der Waals surface area contributed by atoms with Gasteiger partial charge in [0.2, 0.25) is 11.9 Å². The minimum absolute atomic E-state index is 0.0941. The van der Waals surface area contributed by atoms with E-state index < -0.39 is 0 Å². The summed E-state index contributed by atoms with van der Waals surface area (Å²) in [4.78, 5) is 25.2. The smallest absolute Gasteiger partial charge is 0.241 e. The Morgan fingerprint density at radius 1 is 0.489 bits per heavy atom. The molecule has 4 aromatic carbocycles. The number of hydrogen-bond acceptors (Lipinski definition) is 5. The van der Waals surface area contributed by atoms with Gasteiger partial charge >= 0.3 is 0 Å². The van der Waals surface area contributed by atoms with E-state index in [1.54, 1.807) is 0 Å². The van der Waals surface area contributed by atoms with Crippen molar-refractivity contribution in [2.24, 2.45) is 0 Å². The Hall–Kier alpha value is -6.21. The molecule has 10 rings (SSSR count). The van der Waals surface area contributed by atoms with Gasteiger partial charge in [-0.25, -0.2) is 9.97 Å². The molecule has 1 aliphatic rings. The molecule has 0 radical (unpaired) electrons. The van der Waals surface area contributed by atoms with Crippen LogP contribution in [0.4, 0.5) is 0 Å². The second-order valence-electron chi connectivity index (χ2n) is 12.6. The van der Waals surface area contributed by atoms with Crippen molar-refractivity contribution < 1.29 is 0 Å². The summed E-state index contributed by atoms with van der Waals surface area (Å²) >= 11 is 0. The van der Waals surface area contributed by atoms with Gasteiger partial charge in [-0.1, -0.05) is 86.6 Å².